The van der Waals surface area contributed by atoms with E-state index >= 15 is 0 Å². The number of anilines is 1. The zero-order valence-corrected chi connectivity index (χ0v) is 11.6. The van der Waals surface area contributed by atoms with Crippen LogP contribution < -0.4 is 5.32 Å². The fourth-order valence-electron chi connectivity index (χ4n) is 2.01. The second-order valence-corrected chi connectivity index (χ2v) is 4.91. The van der Waals surface area contributed by atoms with E-state index in [0.717, 1.165) is 17.7 Å². The molecule has 2 aromatic rings. The molecule has 1 N–H and O–H groups in total. The van der Waals surface area contributed by atoms with Crippen molar-refractivity contribution in [1.82, 2.24) is 0 Å². The van der Waals surface area contributed by atoms with E-state index in [1.54, 1.807) is 25.1 Å². The molecular formula is C16H14F3NO. The molecule has 0 spiro atoms. The maximum absolute atomic E-state index is 12.7. The van der Waals surface area contributed by atoms with Gasteiger partial charge in [-0.3, -0.25) is 4.79 Å². The van der Waals surface area contributed by atoms with Crippen LogP contribution in [0.3, 0.4) is 0 Å². The van der Waals surface area contributed by atoms with Gasteiger partial charge in [-0.05, 0) is 49.7 Å². The summed E-state index contributed by atoms with van der Waals surface area (Å²) in [4.78, 5) is 12.0. The number of hydrogen-bond acceptors (Lipinski definition) is 1. The molecule has 0 aromatic heterocycles. The van der Waals surface area contributed by atoms with Gasteiger partial charge < -0.3 is 5.32 Å². The molecule has 1 amide bonds. The maximum Gasteiger partial charge on any atom is 0.416 e. The number of halogens is 3. The maximum atomic E-state index is 12.7. The third-order valence-electron chi connectivity index (χ3n) is 2.94. The molecule has 2 nitrogen and oxygen atoms in total. The predicted octanol–water partition coefficient (Wildman–Crippen LogP) is 4.57. The van der Waals surface area contributed by atoms with Gasteiger partial charge in [0, 0.05) is 11.3 Å². The Morgan fingerprint density at radius 3 is 2.33 bits per heavy atom. The number of carbonyl (C=O) groups excluding carboxylic acids is 1. The van der Waals surface area contributed by atoms with Gasteiger partial charge in [-0.15, -0.1) is 0 Å². The number of rotatable bonds is 2. The summed E-state index contributed by atoms with van der Waals surface area (Å²) in [5.74, 6) is -0.433. The normalized spacial score (nSPS) is 11.3. The minimum atomic E-state index is -4.44. The lowest BCUT2D eigenvalue weighted by Gasteiger charge is -2.12. The van der Waals surface area contributed by atoms with Crippen LogP contribution in [-0.4, -0.2) is 5.91 Å². The van der Waals surface area contributed by atoms with Gasteiger partial charge in [0.05, 0.1) is 5.56 Å². The minimum absolute atomic E-state index is 0.133. The van der Waals surface area contributed by atoms with E-state index in [9.17, 15) is 18.0 Å². The van der Waals surface area contributed by atoms with Crippen LogP contribution >= 0.6 is 0 Å². The first-order valence-electron chi connectivity index (χ1n) is 6.32. The first-order valence-corrected chi connectivity index (χ1v) is 6.32. The van der Waals surface area contributed by atoms with E-state index in [1.807, 2.05) is 13.0 Å². The Labute approximate surface area is 120 Å². The molecule has 0 aliphatic heterocycles. The van der Waals surface area contributed by atoms with Gasteiger partial charge in [0.25, 0.3) is 5.91 Å². The van der Waals surface area contributed by atoms with Crippen LogP contribution in [0, 0.1) is 13.8 Å². The summed E-state index contributed by atoms with van der Waals surface area (Å²) in [5.41, 5.74) is 1.10. The van der Waals surface area contributed by atoms with Gasteiger partial charge in [0.2, 0.25) is 0 Å². The molecule has 21 heavy (non-hydrogen) atoms. The number of alkyl halides is 3. The average Bonchev–Trinajstić information content (AvgIpc) is 2.37. The number of nitrogens with one attached hydrogen (secondary N) is 1. The summed E-state index contributed by atoms with van der Waals surface area (Å²) < 4.78 is 38.2. The van der Waals surface area contributed by atoms with Crippen molar-refractivity contribution in [2.24, 2.45) is 0 Å². The number of hydrogen-bond donors (Lipinski definition) is 1. The summed E-state index contributed by atoms with van der Waals surface area (Å²) in [5, 5.41) is 2.50. The zero-order valence-electron chi connectivity index (χ0n) is 11.6. The number of carbonyl (C=O) groups is 1. The minimum Gasteiger partial charge on any atom is -0.322 e. The first kappa shape index (κ1) is 15.1. The van der Waals surface area contributed by atoms with Gasteiger partial charge in [-0.25, -0.2) is 0 Å². The molecule has 0 aliphatic carbocycles. The Balaban J connectivity index is 2.27. The topological polar surface area (TPSA) is 29.1 Å². The Kier molecular flexibility index (Phi) is 4.02. The van der Waals surface area contributed by atoms with Crippen molar-refractivity contribution in [2.75, 3.05) is 5.32 Å². The molecule has 0 bridgehead atoms. The van der Waals surface area contributed by atoms with Crippen LogP contribution in [0.4, 0.5) is 18.9 Å². The lowest BCUT2D eigenvalue weighted by atomic mass is 10.1. The number of aryl methyl sites for hydroxylation is 2. The SMILES string of the molecule is Cc1cccc(C(=O)Nc2cc(C)cc(C(F)(F)F)c2)c1. The monoisotopic (exact) mass is 293 g/mol. The van der Waals surface area contributed by atoms with Crippen molar-refractivity contribution in [3.63, 3.8) is 0 Å². The molecule has 0 saturated heterocycles. The second kappa shape index (κ2) is 5.60. The third-order valence-corrected chi connectivity index (χ3v) is 2.94. The van der Waals surface area contributed by atoms with E-state index in [4.69, 9.17) is 0 Å². The second-order valence-electron chi connectivity index (χ2n) is 4.91. The van der Waals surface area contributed by atoms with Crippen LogP contribution in [0.1, 0.15) is 27.0 Å². The summed E-state index contributed by atoms with van der Waals surface area (Å²) in [6.45, 7) is 3.39. The van der Waals surface area contributed by atoms with Gasteiger partial charge in [0.15, 0.2) is 0 Å². The number of benzene rings is 2. The summed E-state index contributed by atoms with van der Waals surface area (Å²) >= 11 is 0. The zero-order chi connectivity index (χ0) is 15.6. The van der Waals surface area contributed by atoms with Crippen LogP contribution in [0.25, 0.3) is 0 Å². The summed E-state index contributed by atoms with van der Waals surface area (Å²) in [6, 6.07) is 10.3. The average molecular weight is 293 g/mol. The summed E-state index contributed by atoms with van der Waals surface area (Å²) in [7, 11) is 0. The highest BCUT2D eigenvalue weighted by Crippen LogP contribution is 2.31. The smallest absolute Gasteiger partial charge is 0.322 e. The van der Waals surface area contributed by atoms with Crippen LogP contribution in [0.2, 0.25) is 0 Å². The molecule has 5 heteroatoms. The largest absolute Gasteiger partial charge is 0.416 e. The summed E-state index contributed by atoms with van der Waals surface area (Å²) in [6.07, 6.45) is -4.44. The molecule has 0 heterocycles. The third kappa shape index (κ3) is 3.84. The predicted molar refractivity (Wildman–Crippen MR) is 75.3 cm³/mol. The molecule has 2 aromatic carbocycles. The van der Waals surface area contributed by atoms with Gasteiger partial charge in [-0.2, -0.15) is 13.2 Å². The van der Waals surface area contributed by atoms with Crippen molar-refractivity contribution in [3.8, 4) is 0 Å². The first-order chi connectivity index (χ1) is 9.75. The highest BCUT2D eigenvalue weighted by molar-refractivity contribution is 6.04. The van der Waals surface area contributed by atoms with Gasteiger partial charge in [-0.1, -0.05) is 17.7 Å². The van der Waals surface area contributed by atoms with E-state index in [0.29, 0.717) is 11.1 Å². The van der Waals surface area contributed by atoms with Crippen LogP contribution in [0.15, 0.2) is 42.5 Å². The van der Waals surface area contributed by atoms with Crippen molar-refractivity contribution < 1.29 is 18.0 Å². The van der Waals surface area contributed by atoms with Crippen LogP contribution in [0.5, 0.6) is 0 Å². The number of amides is 1. The molecule has 0 atom stereocenters. The molecule has 0 aliphatic rings. The van der Waals surface area contributed by atoms with E-state index in [-0.39, 0.29) is 5.69 Å². The fourth-order valence-corrected chi connectivity index (χ4v) is 2.01. The van der Waals surface area contributed by atoms with E-state index in [1.165, 1.54) is 6.07 Å². The van der Waals surface area contributed by atoms with E-state index < -0.39 is 17.6 Å². The van der Waals surface area contributed by atoms with Gasteiger partial charge in [0.1, 0.15) is 0 Å². The fraction of sp³-hybridized carbons (Fsp3) is 0.188. The molecule has 2 rings (SSSR count). The molecule has 0 radical (unpaired) electrons. The quantitative estimate of drug-likeness (QED) is 0.863. The van der Waals surface area contributed by atoms with Crippen molar-refractivity contribution in [2.45, 2.75) is 20.0 Å². The van der Waals surface area contributed by atoms with Crippen LogP contribution in [-0.2, 0) is 6.18 Å². The molecule has 0 unspecified atom stereocenters. The highest BCUT2D eigenvalue weighted by Gasteiger charge is 2.31. The molecule has 0 saturated carbocycles. The van der Waals surface area contributed by atoms with Gasteiger partial charge >= 0.3 is 6.18 Å². The Bertz CT molecular complexity index is 677. The molecular weight excluding hydrogens is 279 g/mol. The standard InChI is InChI=1S/C16H14F3NO/c1-10-4-3-5-12(6-10)15(21)20-14-8-11(2)7-13(9-14)16(17,18)19/h3-9H,1-2H3,(H,20,21). The van der Waals surface area contributed by atoms with Crippen molar-refractivity contribution in [1.29, 1.82) is 0 Å². The van der Waals surface area contributed by atoms with E-state index in [2.05, 4.69) is 5.32 Å². The lowest BCUT2D eigenvalue weighted by molar-refractivity contribution is -0.137. The molecule has 110 valence electrons. The highest BCUT2D eigenvalue weighted by atomic mass is 19.4. The lowest BCUT2D eigenvalue weighted by Crippen LogP contribution is -2.13. The Morgan fingerprint density at radius 2 is 1.71 bits per heavy atom. The molecule has 0 fully saturated rings. The Hall–Kier alpha value is -2.30. The Morgan fingerprint density at radius 1 is 1.00 bits per heavy atom. The van der Waals surface area contributed by atoms with Crippen molar-refractivity contribution >= 4 is 11.6 Å². The van der Waals surface area contributed by atoms with Crippen molar-refractivity contribution in [3.05, 3.63) is 64.7 Å².